The fourth-order valence-electron chi connectivity index (χ4n) is 4.44. The lowest BCUT2D eigenvalue weighted by atomic mass is 9.84. The van der Waals surface area contributed by atoms with Crippen LogP contribution in [0.1, 0.15) is 36.8 Å². The van der Waals surface area contributed by atoms with Crippen molar-refractivity contribution < 1.29 is 23.5 Å². The van der Waals surface area contributed by atoms with Gasteiger partial charge in [-0.1, -0.05) is 11.6 Å². The number of ether oxygens (including phenoxy) is 2. The minimum Gasteiger partial charge on any atom is -0.497 e. The SMILES string of the molecule is COc1ccc(F)c(C[C@@]2(CCC(=O)N3CCOc4ccc(Cl)cc4C3)CCC(=O)N2)c1. The molecule has 0 saturated carbocycles. The molecule has 2 amide bonds. The molecule has 2 aromatic carbocycles. The van der Waals surface area contributed by atoms with Gasteiger partial charge >= 0.3 is 0 Å². The van der Waals surface area contributed by atoms with E-state index in [1.54, 1.807) is 23.1 Å². The van der Waals surface area contributed by atoms with Gasteiger partial charge in [-0.3, -0.25) is 9.59 Å². The Morgan fingerprint density at radius 3 is 2.91 bits per heavy atom. The number of carbonyl (C=O) groups excluding carboxylic acids is 2. The quantitative estimate of drug-likeness (QED) is 0.710. The minimum absolute atomic E-state index is 0.0342. The molecule has 4 rings (SSSR count). The third kappa shape index (κ3) is 4.99. The van der Waals surface area contributed by atoms with E-state index in [1.807, 2.05) is 12.1 Å². The molecule has 1 saturated heterocycles. The molecule has 6 nitrogen and oxygen atoms in total. The van der Waals surface area contributed by atoms with E-state index < -0.39 is 5.54 Å². The Balaban J connectivity index is 1.47. The molecule has 0 radical (unpaired) electrons. The minimum atomic E-state index is -0.663. The number of halogens is 2. The zero-order valence-corrected chi connectivity index (χ0v) is 18.7. The van der Waals surface area contributed by atoms with Gasteiger partial charge in [-0.15, -0.1) is 0 Å². The van der Waals surface area contributed by atoms with E-state index in [0.29, 0.717) is 61.7 Å². The number of fused-ring (bicyclic) bond motifs is 1. The summed E-state index contributed by atoms with van der Waals surface area (Å²) < 4.78 is 25.4. The number of hydrogen-bond acceptors (Lipinski definition) is 4. The molecular weight excluding hydrogens is 435 g/mol. The number of hydrogen-bond donors (Lipinski definition) is 1. The second-order valence-electron chi connectivity index (χ2n) is 8.38. The highest BCUT2D eigenvalue weighted by molar-refractivity contribution is 6.30. The van der Waals surface area contributed by atoms with Crippen molar-refractivity contribution in [3.63, 3.8) is 0 Å². The summed E-state index contributed by atoms with van der Waals surface area (Å²) in [6, 6.07) is 9.97. The largest absolute Gasteiger partial charge is 0.497 e. The van der Waals surface area contributed by atoms with Crippen molar-refractivity contribution in [1.29, 1.82) is 0 Å². The summed E-state index contributed by atoms with van der Waals surface area (Å²) in [6.07, 6.45) is 1.88. The number of rotatable bonds is 6. The monoisotopic (exact) mass is 460 g/mol. The number of nitrogens with one attached hydrogen (secondary N) is 1. The average molecular weight is 461 g/mol. The molecule has 0 aliphatic carbocycles. The zero-order valence-electron chi connectivity index (χ0n) is 18.0. The molecule has 170 valence electrons. The van der Waals surface area contributed by atoms with Gasteiger partial charge in [0.25, 0.3) is 0 Å². The van der Waals surface area contributed by atoms with Gasteiger partial charge in [0.2, 0.25) is 11.8 Å². The van der Waals surface area contributed by atoms with Crippen molar-refractivity contribution >= 4 is 23.4 Å². The molecule has 0 unspecified atom stereocenters. The number of benzene rings is 2. The Morgan fingerprint density at radius 1 is 1.31 bits per heavy atom. The van der Waals surface area contributed by atoms with Crippen molar-refractivity contribution in [2.75, 3.05) is 20.3 Å². The van der Waals surface area contributed by atoms with E-state index in [0.717, 1.165) is 11.3 Å². The molecule has 1 fully saturated rings. The third-order valence-corrected chi connectivity index (χ3v) is 6.42. The van der Waals surface area contributed by atoms with E-state index in [4.69, 9.17) is 21.1 Å². The topological polar surface area (TPSA) is 67.9 Å². The number of nitrogens with zero attached hydrogens (tertiary/aromatic N) is 1. The normalized spacial score (nSPS) is 20.2. The molecule has 2 aliphatic rings. The van der Waals surface area contributed by atoms with Gasteiger partial charge in [-0.2, -0.15) is 0 Å². The molecule has 0 bridgehead atoms. The third-order valence-electron chi connectivity index (χ3n) is 6.19. The summed E-state index contributed by atoms with van der Waals surface area (Å²) in [7, 11) is 1.53. The first kappa shape index (κ1) is 22.4. The second kappa shape index (κ2) is 9.36. The van der Waals surface area contributed by atoms with Crippen LogP contribution in [0.2, 0.25) is 5.02 Å². The van der Waals surface area contributed by atoms with E-state index in [9.17, 15) is 14.0 Å². The summed E-state index contributed by atoms with van der Waals surface area (Å²) in [4.78, 5) is 26.9. The molecule has 32 heavy (non-hydrogen) atoms. The van der Waals surface area contributed by atoms with Gasteiger partial charge in [0, 0.05) is 35.5 Å². The lowest BCUT2D eigenvalue weighted by molar-refractivity contribution is -0.132. The predicted octanol–water partition coefficient (Wildman–Crippen LogP) is 3.88. The summed E-state index contributed by atoms with van der Waals surface area (Å²) in [6.45, 7) is 1.28. The molecule has 2 aromatic rings. The Kier molecular flexibility index (Phi) is 6.55. The maximum Gasteiger partial charge on any atom is 0.223 e. The van der Waals surface area contributed by atoms with Crippen molar-refractivity contribution in [1.82, 2.24) is 10.2 Å². The van der Waals surface area contributed by atoms with Crippen LogP contribution in [0.15, 0.2) is 36.4 Å². The van der Waals surface area contributed by atoms with Crippen LogP contribution in [0, 0.1) is 5.82 Å². The highest BCUT2D eigenvalue weighted by Gasteiger charge is 2.39. The first-order valence-electron chi connectivity index (χ1n) is 10.7. The van der Waals surface area contributed by atoms with Crippen molar-refractivity contribution in [3.8, 4) is 11.5 Å². The van der Waals surface area contributed by atoms with Crippen LogP contribution >= 0.6 is 11.6 Å². The molecule has 1 N–H and O–H groups in total. The maximum atomic E-state index is 14.5. The summed E-state index contributed by atoms with van der Waals surface area (Å²) >= 11 is 6.11. The average Bonchev–Trinajstić information content (AvgIpc) is 3.01. The fourth-order valence-corrected chi connectivity index (χ4v) is 4.63. The van der Waals surface area contributed by atoms with E-state index >= 15 is 0 Å². The zero-order chi connectivity index (χ0) is 22.7. The number of methoxy groups -OCH3 is 1. The number of carbonyl (C=O) groups is 2. The smallest absolute Gasteiger partial charge is 0.223 e. The molecule has 8 heteroatoms. The van der Waals surface area contributed by atoms with Gasteiger partial charge in [0.05, 0.1) is 13.7 Å². The summed E-state index contributed by atoms with van der Waals surface area (Å²) in [5, 5.41) is 3.61. The van der Waals surface area contributed by atoms with Crippen molar-refractivity contribution in [2.24, 2.45) is 0 Å². The molecule has 2 heterocycles. The first-order chi connectivity index (χ1) is 15.4. The van der Waals surface area contributed by atoms with E-state index in [1.165, 1.54) is 13.2 Å². The maximum absolute atomic E-state index is 14.5. The Bertz CT molecular complexity index is 1030. The van der Waals surface area contributed by atoms with E-state index in [2.05, 4.69) is 5.32 Å². The van der Waals surface area contributed by atoms with Crippen LogP contribution in [0.25, 0.3) is 0 Å². The number of amides is 2. The van der Waals surface area contributed by atoms with Crippen LogP contribution in [-0.4, -0.2) is 42.5 Å². The Morgan fingerprint density at radius 2 is 2.16 bits per heavy atom. The van der Waals surface area contributed by atoms with Crippen LogP contribution in [-0.2, 0) is 22.6 Å². The lowest BCUT2D eigenvalue weighted by Gasteiger charge is -2.30. The van der Waals surface area contributed by atoms with Gasteiger partial charge in [0.1, 0.15) is 23.9 Å². The fraction of sp³-hybridized carbons (Fsp3) is 0.417. The summed E-state index contributed by atoms with van der Waals surface area (Å²) in [5.41, 5.74) is 0.667. The summed E-state index contributed by atoms with van der Waals surface area (Å²) in [5.74, 6) is 0.827. The predicted molar refractivity (Wildman–Crippen MR) is 118 cm³/mol. The second-order valence-corrected chi connectivity index (χ2v) is 8.81. The van der Waals surface area contributed by atoms with Crippen molar-refractivity contribution in [3.05, 3.63) is 58.4 Å². The lowest BCUT2D eigenvalue weighted by Crippen LogP contribution is -2.45. The standard InChI is InChI=1S/C24H26ClFN2O4/c1-31-19-3-4-20(26)16(13-19)14-24(8-6-22(29)27-24)9-7-23(30)28-10-11-32-21-5-2-18(25)12-17(21)15-28/h2-5,12-13H,6-11,14-15H2,1H3,(H,27,29)/t24-/m0/s1. The van der Waals surface area contributed by atoms with Gasteiger partial charge in [0.15, 0.2) is 0 Å². The molecule has 0 aromatic heterocycles. The van der Waals surface area contributed by atoms with Gasteiger partial charge in [-0.05, 0) is 61.2 Å². The molecular formula is C24H26ClFN2O4. The van der Waals surface area contributed by atoms with Crippen LogP contribution in [0.4, 0.5) is 4.39 Å². The first-order valence-corrected chi connectivity index (χ1v) is 11.1. The highest BCUT2D eigenvalue weighted by Crippen LogP contribution is 2.32. The molecule has 2 aliphatic heterocycles. The van der Waals surface area contributed by atoms with Crippen LogP contribution in [0.3, 0.4) is 0 Å². The van der Waals surface area contributed by atoms with Gasteiger partial charge < -0.3 is 19.7 Å². The van der Waals surface area contributed by atoms with Crippen LogP contribution < -0.4 is 14.8 Å². The Hall–Kier alpha value is -2.80. The molecule has 1 atom stereocenters. The van der Waals surface area contributed by atoms with Gasteiger partial charge in [-0.25, -0.2) is 4.39 Å². The van der Waals surface area contributed by atoms with Crippen molar-refractivity contribution in [2.45, 2.75) is 44.2 Å². The van der Waals surface area contributed by atoms with Crippen LogP contribution in [0.5, 0.6) is 11.5 Å². The van der Waals surface area contributed by atoms with E-state index in [-0.39, 0.29) is 24.1 Å². The highest BCUT2D eigenvalue weighted by atomic mass is 35.5. The molecule has 0 spiro atoms. The Labute approximate surface area is 191 Å².